The van der Waals surface area contributed by atoms with E-state index < -0.39 is 0 Å². The van der Waals surface area contributed by atoms with Crippen LogP contribution in [0, 0.1) is 0 Å². The first-order valence-corrected chi connectivity index (χ1v) is 13.3. The number of aromatic nitrogens is 2. The fourth-order valence-corrected chi connectivity index (χ4v) is 5.28. The first-order valence-electron chi connectivity index (χ1n) is 13.3. The Bertz CT molecular complexity index is 1470. The minimum absolute atomic E-state index is 0.0193. The van der Waals surface area contributed by atoms with Crippen molar-refractivity contribution in [2.45, 2.75) is 45.1 Å². The number of ether oxygens (including phenoxy) is 3. The molecule has 7 heteroatoms. The summed E-state index contributed by atoms with van der Waals surface area (Å²) in [4.78, 5) is 20.0. The number of nitrogens with zero attached hydrogens (tertiary/aromatic N) is 3. The molecule has 2 aliphatic heterocycles. The Morgan fingerprint density at radius 3 is 2.53 bits per heavy atom. The summed E-state index contributed by atoms with van der Waals surface area (Å²) < 4.78 is 19.7. The van der Waals surface area contributed by atoms with Crippen LogP contribution >= 0.6 is 0 Å². The number of imidazole rings is 1. The number of hydrogen-bond donors (Lipinski definition) is 0. The van der Waals surface area contributed by atoms with Gasteiger partial charge in [-0.3, -0.25) is 4.79 Å². The number of anilines is 1. The van der Waals surface area contributed by atoms with E-state index >= 15 is 0 Å². The Balaban J connectivity index is 1.21. The van der Waals surface area contributed by atoms with Gasteiger partial charge in [0.05, 0.1) is 17.6 Å². The minimum atomic E-state index is -0.0193. The van der Waals surface area contributed by atoms with Crippen molar-refractivity contribution in [2.24, 2.45) is 0 Å². The molecule has 38 heavy (non-hydrogen) atoms. The molecule has 7 nitrogen and oxygen atoms in total. The topological polar surface area (TPSA) is 65.8 Å². The van der Waals surface area contributed by atoms with E-state index in [0.717, 1.165) is 34.0 Å². The van der Waals surface area contributed by atoms with E-state index in [2.05, 4.69) is 43.5 Å². The van der Waals surface area contributed by atoms with E-state index in [1.165, 1.54) is 5.56 Å². The maximum Gasteiger partial charge on any atom is 0.227 e. The lowest BCUT2D eigenvalue weighted by atomic mass is 9.87. The van der Waals surface area contributed by atoms with Gasteiger partial charge in [-0.1, -0.05) is 45.0 Å². The normalized spacial score (nSPS) is 17.3. The van der Waals surface area contributed by atoms with E-state index in [0.29, 0.717) is 45.1 Å². The lowest BCUT2D eigenvalue weighted by Gasteiger charge is -2.22. The molecule has 3 aromatic carbocycles. The maximum atomic E-state index is 13.1. The molecule has 1 fully saturated rings. The summed E-state index contributed by atoms with van der Waals surface area (Å²) in [6.07, 6.45) is 0.410. The van der Waals surface area contributed by atoms with Crippen LogP contribution in [-0.4, -0.2) is 41.8 Å². The third-order valence-electron chi connectivity index (χ3n) is 7.32. The Hall–Kier alpha value is -4.00. The molecule has 0 saturated carbocycles. The van der Waals surface area contributed by atoms with Gasteiger partial charge in [0.2, 0.25) is 5.91 Å². The van der Waals surface area contributed by atoms with E-state index in [4.69, 9.17) is 19.2 Å². The lowest BCUT2D eigenvalue weighted by Crippen LogP contribution is -2.25. The van der Waals surface area contributed by atoms with Crippen molar-refractivity contribution < 1.29 is 19.0 Å². The number of para-hydroxylation sites is 2. The zero-order valence-electron chi connectivity index (χ0n) is 22.1. The first kappa shape index (κ1) is 24.3. The van der Waals surface area contributed by atoms with Crippen LogP contribution in [0.15, 0.2) is 66.7 Å². The minimum Gasteiger partial charge on any atom is -0.492 e. The van der Waals surface area contributed by atoms with E-state index in [9.17, 15) is 4.79 Å². The molecular formula is C31H33N3O4. The molecular weight excluding hydrogens is 478 g/mol. The van der Waals surface area contributed by atoms with Gasteiger partial charge in [-0.05, 0) is 47.4 Å². The monoisotopic (exact) mass is 511 g/mol. The lowest BCUT2D eigenvalue weighted by molar-refractivity contribution is -0.117. The predicted molar refractivity (Wildman–Crippen MR) is 148 cm³/mol. The number of amides is 1. The molecule has 0 aliphatic carbocycles. The van der Waals surface area contributed by atoms with Gasteiger partial charge in [0, 0.05) is 30.6 Å². The fraction of sp³-hybridized carbons (Fsp3) is 0.355. The summed E-state index contributed by atoms with van der Waals surface area (Å²) >= 11 is 0. The van der Waals surface area contributed by atoms with Gasteiger partial charge in [0.25, 0.3) is 0 Å². The van der Waals surface area contributed by atoms with Crippen molar-refractivity contribution >= 4 is 22.6 Å². The Labute approximate surface area is 222 Å². The molecule has 1 amide bonds. The molecule has 0 radical (unpaired) electrons. The molecule has 0 spiro atoms. The summed E-state index contributed by atoms with van der Waals surface area (Å²) in [5.41, 5.74) is 4.20. The van der Waals surface area contributed by atoms with Gasteiger partial charge in [0.1, 0.15) is 31.4 Å². The zero-order chi connectivity index (χ0) is 26.3. The van der Waals surface area contributed by atoms with Crippen molar-refractivity contribution in [1.82, 2.24) is 9.55 Å². The van der Waals surface area contributed by atoms with Gasteiger partial charge >= 0.3 is 0 Å². The van der Waals surface area contributed by atoms with E-state index in [-0.39, 0.29) is 17.2 Å². The highest BCUT2D eigenvalue weighted by molar-refractivity contribution is 5.97. The number of carbonyl (C=O) groups is 1. The third kappa shape index (κ3) is 4.69. The summed E-state index contributed by atoms with van der Waals surface area (Å²) in [5.74, 6) is 3.24. The Kier molecular flexibility index (Phi) is 6.22. The van der Waals surface area contributed by atoms with Crippen LogP contribution in [0.1, 0.15) is 44.5 Å². The van der Waals surface area contributed by atoms with Crippen molar-refractivity contribution in [3.8, 4) is 17.2 Å². The van der Waals surface area contributed by atoms with Gasteiger partial charge in [-0.25, -0.2) is 4.98 Å². The largest absolute Gasteiger partial charge is 0.492 e. The summed E-state index contributed by atoms with van der Waals surface area (Å²) in [5, 5.41) is 0. The summed E-state index contributed by atoms with van der Waals surface area (Å²) in [6.45, 7) is 9.39. The SMILES string of the molecule is CC(C)(C)c1ccc(OCCn2c(C3CC(=O)N(c4ccc5c(c4)OCCO5)C3)nc3ccccc32)cc1. The van der Waals surface area contributed by atoms with Crippen LogP contribution < -0.4 is 19.1 Å². The van der Waals surface area contributed by atoms with Crippen molar-refractivity contribution in [2.75, 3.05) is 31.3 Å². The summed E-state index contributed by atoms with van der Waals surface area (Å²) in [7, 11) is 0. The molecule has 1 atom stereocenters. The van der Waals surface area contributed by atoms with E-state index in [1.807, 2.05) is 53.4 Å². The number of fused-ring (bicyclic) bond motifs is 2. The van der Waals surface area contributed by atoms with E-state index in [1.54, 1.807) is 0 Å². The predicted octanol–water partition coefficient (Wildman–Crippen LogP) is 5.70. The van der Waals surface area contributed by atoms with Crippen LogP contribution in [0.3, 0.4) is 0 Å². The first-order chi connectivity index (χ1) is 18.4. The highest BCUT2D eigenvalue weighted by Gasteiger charge is 2.35. The quantitative estimate of drug-likeness (QED) is 0.332. The second-order valence-electron chi connectivity index (χ2n) is 11.0. The van der Waals surface area contributed by atoms with Crippen LogP contribution in [0.4, 0.5) is 5.69 Å². The number of benzene rings is 3. The molecule has 0 N–H and O–H groups in total. The Morgan fingerprint density at radius 2 is 1.74 bits per heavy atom. The zero-order valence-corrected chi connectivity index (χ0v) is 22.1. The average molecular weight is 512 g/mol. The van der Waals surface area contributed by atoms with Gasteiger partial charge < -0.3 is 23.7 Å². The molecule has 0 bridgehead atoms. The maximum absolute atomic E-state index is 13.1. The Morgan fingerprint density at radius 1 is 0.974 bits per heavy atom. The molecule has 6 rings (SSSR count). The van der Waals surface area contributed by atoms with Crippen LogP contribution in [0.5, 0.6) is 17.2 Å². The van der Waals surface area contributed by atoms with Gasteiger partial charge in [-0.15, -0.1) is 0 Å². The molecule has 1 saturated heterocycles. The van der Waals surface area contributed by atoms with Crippen molar-refractivity contribution in [3.05, 3.63) is 78.1 Å². The molecule has 2 aliphatic rings. The third-order valence-corrected chi connectivity index (χ3v) is 7.32. The van der Waals surface area contributed by atoms with Crippen molar-refractivity contribution in [3.63, 3.8) is 0 Å². The highest BCUT2D eigenvalue weighted by atomic mass is 16.6. The van der Waals surface area contributed by atoms with Crippen LogP contribution in [-0.2, 0) is 16.8 Å². The highest BCUT2D eigenvalue weighted by Crippen LogP contribution is 2.38. The van der Waals surface area contributed by atoms with Crippen LogP contribution in [0.25, 0.3) is 11.0 Å². The molecule has 196 valence electrons. The van der Waals surface area contributed by atoms with Gasteiger partial charge in [-0.2, -0.15) is 0 Å². The molecule has 1 aromatic heterocycles. The smallest absolute Gasteiger partial charge is 0.227 e. The molecule has 4 aromatic rings. The number of hydrogen-bond acceptors (Lipinski definition) is 5. The molecule has 3 heterocycles. The second kappa shape index (κ2) is 9.71. The standard InChI is InChI=1S/C31H33N3O4/c1-31(2,3)22-8-11-24(12-9-22)36-15-14-33-26-7-5-4-6-25(26)32-30(33)21-18-29(35)34(20-21)23-10-13-27-28(19-23)38-17-16-37-27/h4-13,19,21H,14-18,20H2,1-3H3. The molecule has 1 unspecified atom stereocenters. The van der Waals surface area contributed by atoms with Gasteiger partial charge in [0.15, 0.2) is 11.5 Å². The second-order valence-corrected chi connectivity index (χ2v) is 11.0. The van der Waals surface area contributed by atoms with Crippen molar-refractivity contribution in [1.29, 1.82) is 0 Å². The fourth-order valence-electron chi connectivity index (χ4n) is 5.28. The number of carbonyl (C=O) groups excluding carboxylic acids is 1. The summed E-state index contributed by atoms with van der Waals surface area (Å²) in [6, 6.07) is 22.2. The average Bonchev–Trinajstić information content (AvgIpc) is 3.48. The van der Waals surface area contributed by atoms with Crippen LogP contribution in [0.2, 0.25) is 0 Å². The number of rotatable bonds is 6.